The summed E-state index contributed by atoms with van der Waals surface area (Å²) in [5, 5.41) is 10.8. The van der Waals surface area contributed by atoms with Gasteiger partial charge in [0.25, 0.3) is 0 Å². The van der Waals surface area contributed by atoms with Crippen molar-refractivity contribution in [2.45, 2.75) is 39.7 Å². The molecule has 0 radical (unpaired) electrons. The van der Waals surface area contributed by atoms with E-state index in [0.717, 1.165) is 31.4 Å². The molecule has 0 aromatic carbocycles. The van der Waals surface area contributed by atoms with Gasteiger partial charge in [-0.2, -0.15) is 4.98 Å². The van der Waals surface area contributed by atoms with Crippen molar-refractivity contribution in [3.05, 3.63) is 5.82 Å². The zero-order valence-corrected chi connectivity index (χ0v) is 11.2. The second kappa shape index (κ2) is 5.04. The van der Waals surface area contributed by atoms with Crippen LogP contribution in [0.2, 0.25) is 0 Å². The Labute approximate surface area is 103 Å². The van der Waals surface area contributed by atoms with Crippen LogP contribution < -0.4 is 10.2 Å². The second-order valence-electron chi connectivity index (χ2n) is 5.35. The minimum atomic E-state index is 0.427. The van der Waals surface area contributed by atoms with Gasteiger partial charge in [0.1, 0.15) is 5.82 Å². The maximum absolute atomic E-state index is 4.62. The molecule has 0 spiro atoms. The maximum Gasteiger partial charge on any atom is 0.244 e. The van der Waals surface area contributed by atoms with Crippen molar-refractivity contribution in [1.82, 2.24) is 20.5 Å². The van der Waals surface area contributed by atoms with Crippen LogP contribution in [0.5, 0.6) is 0 Å². The molecule has 1 aliphatic heterocycles. The predicted octanol–water partition coefficient (Wildman–Crippen LogP) is 1.36. The average Bonchev–Trinajstić information content (AvgIpc) is 2.77. The number of hydrogen-bond acceptors (Lipinski definition) is 4. The van der Waals surface area contributed by atoms with Crippen LogP contribution in [0.4, 0.5) is 5.95 Å². The van der Waals surface area contributed by atoms with Gasteiger partial charge in [0, 0.05) is 31.6 Å². The van der Waals surface area contributed by atoms with Gasteiger partial charge in [-0.3, -0.25) is 5.10 Å². The summed E-state index contributed by atoms with van der Waals surface area (Å²) in [6, 6.07) is 0.508. The lowest BCUT2D eigenvalue weighted by atomic mass is 9.98. The standard InChI is InChI=1S/C12H23N5/c1-8(2)10(4)11-14-12(16-15-11)17-6-5-13-9(3)7-17/h8-10,13H,5-7H2,1-4H3,(H,14,15,16)/t9-,10?/m0/s1. The highest BCUT2D eigenvalue weighted by molar-refractivity contribution is 5.30. The van der Waals surface area contributed by atoms with Crippen LogP contribution in [0, 0.1) is 5.92 Å². The number of nitrogens with one attached hydrogen (secondary N) is 2. The molecule has 5 nitrogen and oxygen atoms in total. The van der Waals surface area contributed by atoms with E-state index in [9.17, 15) is 0 Å². The number of hydrogen-bond donors (Lipinski definition) is 2. The van der Waals surface area contributed by atoms with Crippen LogP contribution in [0.15, 0.2) is 0 Å². The van der Waals surface area contributed by atoms with Gasteiger partial charge in [-0.25, -0.2) is 0 Å². The maximum atomic E-state index is 4.62. The molecule has 1 aromatic heterocycles. The molecule has 0 aliphatic carbocycles. The molecule has 2 heterocycles. The summed E-state index contributed by atoms with van der Waals surface area (Å²) in [7, 11) is 0. The Balaban J connectivity index is 2.07. The SMILES string of the molecule is CC(C)C(C)c1nc(N2CCN[C@@H](C)C2)n[nH]1. The molecule has 96 valence electrons. The molecule has 0 saturated carbocycles. The first-order chi connectivity index (χ1) is 8.08. The van der Waals surface area contributed by atoms with E-state index in [1.807, 2.05) is 0 Å². The van der Waals surface area contributed by atoms with Gasteiger partial charge in [-0.15, -0.1) is 5.10 Å². The van der Waals surface area contributed by atoms with E-state index >= 15 is 0 Å². The number of aromatic nitrogens is 3. The Hall–Kier alpha value is -1.10. The molecular weight excluding hydrogens is 214 g/mol. The summed E-state index contributed by atoms with van der Waals surface area (Å²) < 4.78 is 0. The third-order valence-corrected chi connectivity index (χ3v) is 3.57. The normalized spacial score (nSPS) is 23.1. The Kier molecular flexibility index (Phi) is 3.66. The van der Waals surface area contributed by atoms with E-state index in [2.05, 4.69) is 53.1 Å². The van der Waals surface area contributed by atoms with Crippen LogP contribution in [-0.2, 0) is 0 Å². The summed E-state index contributed by atoms with van der Waals surface area (Å²) in [4.78, 5) is 6.87. The Morgan fingerprint density at radius 2 is 2.12 bits per heavy atom. The van der Waals surface area contributed by atoms with E-state index < -0.39 is 0 Å². The van der Waals surface area contributed by atoms with Crippen molar-refractivity contribution < 1.29 is 0 Å². The summed E-state index contributed by atoms with van der Waals surface area (Å²) in [6.45, 7) is 11.8. The fourth-order valence-corrected chi connectivity index (χ4v) is 2.04. The summed E-state index contributed by atoms with van der Waals surface area (Å²) in [5.74, 6) is 2.86. The predicted molar refractivity (Wildman–Crippen MR) is 69.3 cm³/mol. The largest absolute Gasteiger partial charge is 0.337 e. The van der Waals surface area contributed by atoms with Crippen molar-refractivity contribution in [3.63, 3.8) is 0 Å². The molecule has 1 aliphatic rings. The second-order valence-corrected chi connectivity index (χ2v) is 5.35. The number of piperazine rings is 1. The van der Waals surface area contributed by atoms with Crippen molar-refractivity contribution in [3.8, 4) is 0 Å². The summed E-state index contributed by atoms with van der Waals surface area (Å²) in [6.07, 6.45) is 0. The molecule has 2 atom stereocenters. The molecular formula is C12H23N5. The van der Waals surface area contributed by atoms with E-state index in [1.165, 1.54) is 0 Å². The monoisotopic (exact) mass is 237 g/mol. The summed E-state index contributed by atoms with van der Waals surface area (Å²) >= 11 is 0. The van der Waals surface area contributed by atoms with Crippen LogP contribution >= 0.6 is 0 Å². The number of nitrogens with zero attached hydrogens (tertiary/aromatic N) is 3. The number of rotatable bonds is 3. The molecule has 0 bridgehead atoms. The van der Waals surface area contributed by atoms with Crippen molar-refractivity contribution in [2.75, 3.05) is 24.5 Å². The van der Waals surface area contributed by atoms with Crippen LogP contribution in [0.3, 0.4) is 0 Å². The topological polar surface area (TPSA) is 56.8 Å². The highest BCUT2D eigenvalue weighted by atomic mass is 15.4. The molecule has 17 heavy (non-hydrogen) atoms. The number of aromatic amines is 1. The average molecular weight is 237 g/mol. The van der Waals surface area contributed by atoms with Gasteiger partial charge in [-0.05, 0) is 12.8 Å². The molecule has 5 heteroatoms. The molecule has 1 unspecified atom stereocenters. The Morgan fingerprint density at radius 1 is 1.35 bits per heavy atom. The smallest absolute Gasteiger partial charge is 0.244 e. The van der Waals surface area contributed by atoms with Gasteiger partial charge in [0.15, 0.2) is 0 Å². The van der Waals surface area contributed by atoms with E-state index in [0.29, 0.717) is 17.9 Å². The van der Waals surface area contributed by atoms with Crippen LogP contribution in [0.1, 0.15) is 39.4 Å². The van der Waals surface area contributed by atoms with Gasteiger partial charge in [0.2, 0.25) is 5.95 Å². The molecule has 1 aromatic rings. The third-order valence-electron chi connectivity index (χ3n) is 3.57. The summed E-state index contributed by atoms with van der Waals surface area (Å²) in [5.41, 5.74) is 0. The lowest BCUT2D eigenvalue weighted by molar-refractivity contribution is 0.479. The first-order valence-corrected chi connectivity index (χ1v) is 6.48. The first kappa shape index (κ1) is 12.4. The van der Waals surface area contributed by atoms with Crippen molar-refractivity contribution in [1.29, 1.82) is 0 Å². The van der Waals surface area contributed by atoms with Crippen LogP contribution in [0.25, 0.3) is 0 Å². The highest BCUT2D eigenvalue weighted by Crippen LogP contribution is 2.21. The van der Waals surface area contributed by atoms with Crippen molar-refractivity contribution >= 4 is 5.95 Å². The molecule has 1 fully saturated rings. The lowest BCUT2D eigenvalue weighted by Crippen LogP contribution is -2.49. The number of H-pyrrole nitrogens is 1. The van der Waals surface area contributed by atoms with E-state index in [1.54, 1.807) is 0 Å². The Bertz CT molecular complexity index is 360. The third kappa shape index (κ3) is 2.77. The van der Waals surface area contributed by atoms with E-state index in [-0.39, 0.29) is 0 Å². The minimum Gasteiger partial charge on any atom is -0.337 e. The van der Waals surface area contributed by atoms with Gasteiger partial charge >= 0.3 is 0 Å². The molecule has 2 rings (SSSR count). The molecule has 0 amide bonds. The van der Waals surface area contributed by atoms with Gasteiger partial charge < -0.3 is 10.2 Å². The molecule has 1 saturated heterocycles. The zero-order valence-electron chi connectivity index (χ0n) is 11.2. The minimum absolute atomic E-state index is 0.427. The Morgan fingerprint density at radius 3 is 2.76 bits per heavy atom. The van der Waals surface area contributed by atoms with Crippen LogP contribution in [-0.4, -0.2) is 40.9 Å². The fourth-order valence-electron chi connectivity index (χ4n) is 2.04. The quantitative estimate of drug-likeness (QED) is 0.833. The fraction of sp³-hybridized carbons (Fsp3) is 0.833. The van der Waals surface area contributed by atoms with Gasteiger partial charge in [-0.1, -0.05) is 20.8 Å². The van der Waals surface area contributed by atoms with Gasteiger partial charge in [0.05, 0.1) is 0 Å². The van der Waals surface area contributed by atoms with E-state index in [4.69, 9.17) is 0 Å². The van der Waals surface area contributed by atoms with Crippen molar-refractivity contribution in [2.24, 2.45) is 5.92 Å². The highest BCUT2D eigenvalue weighted by Gasteiger charge is 2.21. The molecule has 2 N–H and O–H groups in total. The zero-order chi connectivity index (χ0) is 12.4. The lowest BCUT2D eigenvalue weighted by Gasteiger charge is -2.30. The first-order valence-electron chi connectivity index (χ1n) is 6.48. The number of anilines is 1.